The van der Waals surface area contributed by atoms with Crippen LogP contribution in [-0.4, -0.2) is 14.5 Å². The number of imidazole rings is 1. The number of nitrogens with zero attached hydrogens (tertiary/aromatic N) is 3. The summed E-state index contributed by atoms with van der Waals surface area (Å²) in [7, 11) is 0. The molecular formula is C28H21IrN3-2. The molecule has 6 rings (SSSR count). The number of benzene rings is 3. The van der Waals surface area contributed by atoms with E-state index in [4.69, 9.17) is 4.98 Å². The molecule has 5 aromatic rings. The third-order valence-corrected chi connectivity index (χ3v) is 5.21. The number of allylic oxidation sites excluding steroid dienone is 1. The summed E-state index contributed by atoms with van der Waals surface area (Å²) in [5.74, 6) is 1.01. The van der Waals surface area contributed by atoms with Crippen molar-refractivity contribution in [1.29, 1.82) is 0 Å². The molecule has 0 spiro atoms. The van der Waals surface area contributed by atoms with Crippen molar-refractivity contribution in [2.24, 2.45) is 0 Å². The van der Waals surface area contributed by atoms with Crippen LogP contribution in [0.2, 0.25) is 0 Å². The molecule has 159 valence electrons. The van der Waals surface area contributed by atoms with Gasteiger partial charge >= 0.3 is 0 Å². The summed E-state index contributed by atoms with van der Waals surface area (Å²) in [6, 6.07) is 34.4. The van der Waals surface area contributed by atoms with Crippen LogP contribution < -0.4 is 0 Å². The van der Waals surface area contributed by atoms with Gasteiger partial charge in [0.1, 0.15) is 0 Å². The summed E-state index contributed by atoms with van der Waals surface area (Å²) in [5, 5.41) is 0. The Morgan fingerprint density at radius 1 is 0.812 bits per heavy atom. The Morgan fingerprint density at radius 3 is 2.25 bits per heavy atom. The zero-order chi connectivity index (χ0) is 21.0. The molecule has 0 atom stereocenters. The summed E-state index contributed by atoms with van der Waals surface area (Å²) >= 11 is 0. The van der Waals surface area contributed by atoms with Gasteiger partial charge in [0.15, 0.2) is 0 Å². The van der Waals surface area contributed by atoms with Crippen LogP contribution in [0.3, 0.4) is 0 Å². The molecule has 1 aliphatic heterocycles. The summed E-state index contributed by atoms with van der Waals surface area (Å²) < 4.78 is 2.30. The minimum Gasteiger partial charge on any atom is -0.360 e. The van der Waals surface area contributed by atoms with Gasteiger partial charge in [0, 0.05) is 32.8 Å². The van der Waals surface area contributed by atoms with E-state index in [1.54, 1.807) is 6.20 Å². The second-order valence-electron chi connectivity index (χ2n) is 7.49. The van der Waals surface area contributed by atoms with Crippen LogP contribution in [0.1, 0.15) is 12.5 Å². The first-order chi connectivity index (χ1) is 15.3. The number of pyridine rings is 1. The molecule has 3 aromatic carbocycles. The molecule has 0 saturated heterocycles. The van der Waals surface area contributed by atoms with E-state index in [9.17, 15) is 0 Å². The summed E-state index contributed by atoms with van der Waals surface area (Å²) in [5.41, 5.74) is 7.98. The number of hydrogen-bond donors (Lipinski definition) is 0. The van der Waals surface area contributed by atoms with Crippen molar-refractivity contribution in [3.8, 4) is 22.6 Å². The Balaban J connectivity index is 0.000000164. The summed E-state index contributed by atoms with van der Waals surface area (Å²) in [4.78, 5) is 9.01. The Labute approximate surface area is 201 Å². The Morgan fingerprint density at radius 2 is 1.56 bits per heavy atom. The summed E-state index contributed by atoms with van der Waals surface area (Å²) in [6.07, 6.45) is 4.04. The first kappa shape index (κ1) is 21.9. The van der Waals surface area contributed by atoms with Crippen LogP contribution in [0.25, 0.3) is 39.8 Å². The van der Waals surface area contributed by atoms with Crippen molar-refractivity contribution in [2.45, 2.75) is 13.5 Å². The van der Waals surface area contributed by atoms with E-state index in [1.165, 1.54) is 16.7 Å². The number of hydrogen-bond acceptors (Lipinski definition) is 2. The molecule has 32 heavy (non-hydrogen) atoms. The predicted molar refractivity (Wildman–Crippen MR) is 126 cm³/mol. The van der Waals surface area contributed by atoms with Crippen LogP contribution in [0, 0.1) is 12.1 Å². The average molecular weight is 592 g/mol. The van der Waals surface area contributed by atoms with Gasteiger partial charge in [-0.1, -0.05) is 35.9 Å². The Kier molecular flexibility index (Phi) is 6.75. The van der Waals surface area contributed by atoms with E-state index in [0.29, 0.717) is 0 Å². The molecule has 4 heteroatoms. The molecule has 0 unspecified atom stereocenters. The molecule has 0 N–H and O–H groups in total. The van der Waals surface area contributed by atoms with Crippen LogP contribution in [-0.2, 0) is 26.7 Å². The maximum absolute atomic E-state index is 4.79. The zero-order valence-electron chi connectivity index (χ0n) is 17.6. The second kappa shape index (κ2) is 9.86. The van der Waals surface area contributed by atoms with E-state index in [1.807, 2.05) is 60.7 Å². The van der Waals surface area contributed by atoms with Crippen molar-refractivity contribution < 1.29 is 20.1 Å². The van der Waals surface area contributed by atoms with E-state index in [0.717, 1.165) is 34.7 Å². The summed E-state index contributed by atoms with van der Waals surface area (Å²) in [6.45, 7) is 3.08. The minimum atomic E-state index is 0. The van der Waals surface area contributed by atoms with Gasteiger partial charge in [0.05, 0.1) is 16.9 Å². The monoisotopic (exact) mass is 592 g/mol. The number of rotatable bonds is 2. The first-order valence-electron chi connectivity index (χ1n) is 10.3. The van der Waals surface area contributed by atoms with Gasteiger partial charge < -0.3 is 9.55 Å². The molecule has 0 fully saturated rings. The van der Waals surface area contributed by atoms with Crippen LogP contribution in [0.4, 0.5) is 0 Å². The van der Waals surface area contributed by atoms with Gasteiger partial charge in [0.2, 0.25) is 0 Å². The van der Waals surface area contributed by atoms with Crippen molar-refractivity contribution in [2.75, 3.05) is 0 Å². The smallest absolute Gasteiger partial charge is 0.0777 e. The third kappa shape index (κ3) is 4.47. The van der Waals surface area contributed by atoms with Crippen molar-refractivity contribution in [1.82, 2.24) is 14.5 Å². The second-order valence-corrected chi connectivity index (χ2v) is 7.49. The fraction of sp³-hybridized carbons (Fsp3) is 0.0714. The van der Waals surface area contributed by atoms with E-state index >= 15 is 0 Å². The van der Waals surface area contributed by atoms with Crippen LogP contribution >= 0.6 is 0 Å². The molecular weight excluding hydrogens is 571 g/mol. The first-order valence-corrected chi connectivity index (χ1v) is 10.3. The van der Waals surface area contributed by atoms with Gasteiger partial charge in [-0.3, -0.25) is 4.98 Å². The quantitative estimate of drug-likeness (QED) is 0.221. The van der Waals surface area contributed by atoms with Crippen molar-refractivity contribution in [3.05, 3.63) is 114 Å². The van der Waals surface area contributed by atoms with Gasteiger partial charge in [-0.25, -0.2) is 0 Å². The van der Waals surface area contributed by atoms with Gasteiger partial charge in [-0.05, 0) is 30.3 Å². The molecule has 0 bridgehead atoms. The predicted octanol–water partition coefficient (Wildman–Crippen LogP) is 6.47. The van der Waals surface area contributed by atoms with E-state index < -0.39 is 0 Å². The molecule has 1 aliphatic rings. The molecule has 3 heterocycles. The number of para-hydroxylation sites is 1. The van der Waals surface area contributed by atoms with Crippen molar-refractivity contribution >= 4 is 17.1 Å². The van der Waals surface area contributed by atoms with Crippen molar-refractivity contribution in [3.63, 3.8) is 0 Å². The van der Waals surface area contributed by atoms with Crippen LogP contribution in [0.15, 0.2) is 96.7 Å². The molecule has 0 saturated carbocycles. The maximum atomic E-state index is 4.79. The molecule has 3 nitrogen and oxygen atoms in total. The molecule has 2 aromatic heterocycles. The van der Waals surface area contributed by atoms with Gasteiger partial charge in [-0.15, -0.1) is 71.8 Å². The fourth-order valence-corrected chi connectivity index (χ4v) is 3.86. The van der Waals surface area contributed by atoms with Gasteiger partial charge in [0.25, 0.3) is 0 Å². The van der Waals surface area contributed by atoms with E-state index in [2.05, 4.69) is 58.9 Å². The normalized spacial score (nSPS) is 11.7. The SMILES string of the molecule is CC1=Cc2cccc3nc(-c4[c-]cccc4)n(c23)C1.[Ir].[c-]1ccccc1-c1ccccn1. The fourth-order valence-electron chi connectivity index (χ4n) is 3.86. The molecule has 1 radical (unpaired) electrons. The Hall–Kier alpha value is -3.33. The van der Waals surface area contributed by atoms with Crippen LogP contribution in [0.5, 0.6) is 0 Å². The number of aromatic nitrogens is 3. The maximum Gasteiger partial charge on any atom is 0.0777 e. The third-order valence-electron chi connectivity index (χ3n) is 5.21. The van der Waals surface area contributed by atoms with Gasteiger partial charge in [-0.2, -0.15) is 0 Å². The Bertz CT molecular complexity index is 1300. The van der Waals surface area contributed by atoms with E-state index in [-0.39, 0.29) is 20.1 Å². The standard InChI is InChI=1S/C17H13N2.C11H8N.Ir/c1-12-10-14-8-5-9-15-16(14)19(11-12)17(18-15)13-6-3-2-4-7-13;1-2-6-10(7-3-1)11-8-4-5-9-12-11;/h2-6,8-10H,11H2,1H3;1-6,8-9H;/q2*-1;. The zero-order valence-corrected chi connectivity index (χ0v) is 20.0. The average Bonchev–Trinajstić information content (AvgIpc) is 3.21. The molecule has 0 amide bonds. The largest absolute Gasteiger partial charge is 0.360 e. The topological polar surface area (TPSA) is 30.7 Å². The minimum absolute atomic E-state index is 0. The molecule has 0 aliphatic carbocycles.